The Hall–Kier alpha value is -0.760. The van der Waals surface area contributed by atoms with E-state index in [4.69, 9.17) is 16.3 Å². The first-order valence-electron chi connectivity index (χ1n) is 4.74. The fraction of sp³-hybridized carbons (Fsp3) is 0.545. The van der Waals surface area contributed by atoms with Crippen molar-refractivity contribution in [3.63, 3.8) is 0 Å². The van der Waals surface area contributed by atoms with Crippen LogP contribution in [0.4, 0.5) is 0 Å². The highest BCUT2D eigenvalue weighted by molar-refractivity contribution is 6.31. The lowest BCUT2D eigenvalue weighted by atomic mass is 9.88. The van der Waals surface area contributed by atoms with Crippen LogP contribution in [-0.4, -0.2) is 11.6 Å². The smallest absolute Gasteiger partial charge is 0.232 e. The molecule has 78 valence electrons. The summed E-state index contributed by atoms with van der Waals surface area (Å²) in [6.45, 7) is 8.87. The zero-order valence-electron chi connectivity index (χ0n) is 9.10. The van der Waals surface area contributed by atoms with Gasteiger partial charge in [-0.25, -0.2) is 4.98 Å². The second-order valence-corrected chi connectivity index (χ2v) is 4.60. The standard InChI is InChI=1S/C11H16ClNO/c1-5-14-10-9(12)6-8(7-13-10)11(2,3)4/h6-7H,5H2,1-4H3. The van der Waals surface area contributed by atoms with Gasteiger partial charge in [0.05, 0.1) is 6.61 Å². The second kappa shape index (κ2) is 4.18. The van der Waals surface area contributed by atoms with Crippen LogP contribution in [-0.2, 0) is 5.41 Å². The van der Waals surface area contributed by atoms with Gasteiger partial charge in [-0.05, 0) is 24.0 Å². The van der Waals surface area contributed by atoms with Gasteiger partial charge in [0.2, 0.25) is 5.88 Å². The number of hydrogen-bond donors (Lipinski definition) is 0. The van der Waals surface area contributed by atoms with Crippen molar-refractivity contribution >= 4 is 11.6 Å². The molecule has 0 aliphatic rings. The molecule has 0 aliphatic heterocycles. The van der Waals surface area contributed by atoms with E-state index in [1.165, 1.54) is 0 Å². The SMILES string of the molecule is CCOc1ncc(C(C)(C)C)cc1Cl. The number of nitrogens with zero attached hydrogens (tertiary/aromatic N) is 1. The molecule has 14 heavy (non-hydrogen) atoms. The van der Waals surface area contributed by atoms with Crippen molar-refractivity contribution in [3.05, 3.63) is 22.8 Å². The van der Waals surface area contributed by atoms with Crippen molar-refractivity contribution in [1.29, 1.82) is 0 Å². The van der Waals surface area contributed by atoms with Gasteiger partial charge in [-0.3, -0.25) is 0 Å². The molecule has 0 fully saturated rings. The van der Waals surface area contributed by atoms with Crippen molar-refractivity contribution < 1.29 is 4.74 Å². The summed E-state index contributed by atoms with van der Waals surface area (Å²) in [5.74, 6) is 0.516. The Morgan fingerprint density at radius 1 is 1.43 bits per heavy atom. The van der Waals surface area contributed by atoms with Crippen molar-refractivity contribution in [2.75, 3.05) is 6.61 Å². The molecule has 0 spiro atoms. The summed E-state index contributed by atoms with van der Waals surface area (Å²) in [5.41, 5.74) is 1.19. The van der Waals surface area contributed by atoms with Crippen LogP contribution in [0.15, 0.2) is 12.3 Å². The average molecular weight is 214 g/mol. The molecule has 3 heteroatoms. The summed E-state index contributed by atoms with van der Waals surface area (Å²) < 4.78 is 5.26. The molecule has 0 atom stereocenters. The maximum absolute atomic E-state index is 6.03. The molecule has 0 unspecified atom stereocenters. The van der Waals surface area contributed by atoms with Crippen LogP contribution in [0, 0.1) is 0 Å². The normalized spacial score (nSPS) is 11.5. The molecule has 0 saturated heterocycles. The van der Waals surface area contributed by atoms with Gasteiger partial charge in [0.25, 0.3) is 0 Å². The summed E-state index contributed by atoms with van der Waals surface area (Å²) in [6.07, 6.45) is 1.82. The number of rotatable bonds is 2. The third-order valence-electron chi connectivity index (χ3n) is 1.95. The van der Waals surface area contributed by atoms with E-state index in [1.54, 1.807) is 0 Å². The molecule has 0 bridgehead atoms. The van der Waals surface area contributed by atoms with Crippen molar-refractivity contribution in [2.24, 2.45) is 0 Å². The maximum atomic E-state index is 6.03. The van der Waals surface area contributed by atoms with Gasteiger partial charge in [-0.1, -0.05) is 32.4 Å². The van der Waals surface area contributed by atoms with Crippen LogP contribution in [0.1, 0.15) is 33.3 Å². The molecule has 0 N–H and O–H groups in total. The molecule has 1 aromatic heterocycles. The molecule has 1 heterocycles. The Morgan fingerprint density at radius 2 is 2.07 bits per heavy atom. The third kappa shape index (κ3) is 2.61. The van der Waals surface area contributed by atoms with Crippen molar-refractivity contribution in [2.45, 2.75) is 33.1 Å². The quantitative estimate of drug-likeness (QED) is 0.751. The second-order valence-electron chi connectivity index (χ2n) is 4.19. The Labute approximate surface area is 90.3 Å². The van der Waals surface area contributed by atoms with E-state index in [-0.39, 0.29) is 5.41 Å². The van der Waals surface area contributed by atoms with E-state index in [2.05, 4.69) is 25.8 Å². The van der Waals surface area contributed by atoms with Crippen LogP contribution in [0.25, 0.3) is 0 Å². The van der Waals surface area contributed by atoms with Gasteiger partial charge in [0, 0.05) is 6.20 Å². The number of ether oxygens (including phenoxy) is 1. The first-order valence-corrected chi connectivity index (χ1v) is 5.11. The summed E-state index contributed by atoms with van der Waals surface area (Å²) in [4.78, 5) is 4.18. The fourth-order valence-electron chi connectivity index (χ4n) is 1.08. The van der Waals surface area contributed by atoms with Crippen LogP contribution >= 0.6 is 11.6 Å². The molecule has 1 rings (SSSR count). The molecular formula is C11H16ClNO. The first-order chi connectivity index (χ1) is 6.45. The van der Waals surface area contributed by atoms with E-state index < -0.39 is 0 Å². The molecule has 0 aliphatic carbocycles. The minimum atomic E-state index is 0.0708. The Bertz CT molecular complexity index is 318. The van der Waals surface area contributed by atoms with Crippen molar-refractivity contribution in [3.8, 4) is 5.88 Å². The Balaban J connectivity index is 3.01. The average Bonchev–Trinajstić information content (AvgIpc) is 2.07. The van der Waals surface area contributed by atoms with E-state index in [0.29, 0.717) is 17.5 Å². The van der Waals surface area contributed by atoms with Crippen molar-refractivity contribution in [1.82, 2.24) is 4.98 Å². The highest BCUT2D eigenvalue weighted by Gasteiger charge is 2.16. The predicted molar refractivity (Wildman–Crippen MR) is 59.1 cm³/mol. The summed E-state index contributed by atoms with van der Waals surface area (Å²) in [5, 5.41) is 0.583. The zero-order valence-corrected chi connectivity index (χ0v) is 9.85. The lowest BCUT2D eigenvalue weighted by Gasteiger charge is -2.19. The number of halogens is 1. The van der Waals surface area contributed by atoms with Gasteiger partial charge < -0.3 is 4.74 Å². The number of pyridine rings is 1. The Morgan fingerprint density at radius 3 is 2.50 bits per heavy atom. The zero-order chi connectivity index (χ0) is 10.8. The number of aromatic nitrogens is 1. The van der Waals surface area contributed by atoms with Crippen LogP contribution in [0.2, 0.25) is 5.02 Å². The minimum Gasteiger partial charge on any atom is -0.477 e. The monoisotopic (exact) mass is 213 g/mol. The fourth-order valence-corrected chi connectivity index (χ4v) is 1.30. The van der Waals surface area contributed by atoms with Gasteiger partial charge in [-0.2, -0.15) is 0 Å². The predicted octanol–water partition coefficient (Wildman–Crippen LogP) is 3.43. The van der Waals surface area contributed by atoms with E-state index >= 15 is 0 Å². The lowest BCUT2D eigenvalue weighted by molar-refractivity contribution is 0.326. The van der Waals surface area contributed by atoms with Crippen LogP contribution < -0.4 is 4.74 Å². The van der Waals surface area contributed by atoms with Gasteiger partial charge >= 0.3 is 0 Å². The summed E-state index contributed by atoms with van der Waals surface area (Å²) in [7, 11) is 0. The third-order valence-corrected chi connectivity index (χ3v) is 2.23. The van der Waals surface area contributed by atoms with Gasteiger partial charge in [0.15, 0.2) is 0 Å². The van der Waals surface area contributed by atoms with Crippen LogP contribution in [0.3, 0.4) is 0 Å². The van der Waals surface area contributed by atoms with E-state index in [1.807, 2.05) is 19.2 Å². The molecule has 0 amide bonds. The Kier molecular flexibility index (Phi) is 3.38. The lowest BCUT2D eigenvalue weighted by Crippen LogP contribution is -2.11. The van der Waals surface area contributed by atoms with Gasteiger partial charge in [0.1, 0.15) is 5.02 Å². The molecular weight excluding hydrogens is 198 g/mol. The molecule has 0 saturated carbocycles. The number of hydrogen-bond acceptors (Lipinski definition) is 2. The highest BCUT2D eigenvalue weighted by atomic mass is 35.5. The molecule has 0 aromatic carbocycles. The maximum Gasteiger partial charge on any atom is 0.232 e. The highest BCUT2D eigenvalue weighted by Crippen LogP contribution is 2.28. The first kappa shape index (κ1) is 11.3. The molecule has 2 nitrogen and oxygen atoms in total. The largest absolute Gasteiger partial charge is 0.477 e. The van der Waals surface area contributed by atoms with E-state index in [9.17, 15) is 0 Å². The summed E-state index contributed by atoms with van der Waals surface area (Å²) >= 11 is 6.03. The minimum absolute atomic E-state index is 0.0708. The summed E-state index contributed by atoms with van der Waals surface area (Å²) in [6, 6.07) is 1.92. The molecule has 1 aromatic rings. The van der Waals surface area contributed by atoms with Gasteiger partial charge in [-0.15, -0.1) is 0 Å². The van der Waals surface area contributed by atoms with Crippen LogP contribution in [0.5, 0.6) is 5.88 Å². The van der Waals surface area contributed by atoms with E-state index in [0.717, 1.165) is 5.56 Å². The topological polar surface area (TPSA) is 22.1 Å². The molecule has 0 radical (unpaired) electrons.